The van der Waals surface area contributed by atoms with Crippen molar-refractivity contribution in [2.75, 3.05) is 5.32 Å². The van der Waals surface area contributed by atoms with Crippen LogP contribution in [0.1, 0.15) is 11.1 Å². The van der Waals surface area contributed by atoms with Gasteiger partial charge in [0.25, 0.3) is 0 Å². The van der Waals surface area contributed by atoms with Gasteiger partial charge in [-0.25, -0.2) is 13.8 Å². The number of hydrogen-bond donors (Lipinski definition) is 1. The van der Waals surface area contributed by atoms with Crippen LogP contribution in [-0.2, 0) is 6.54 Å². The SMILES string of the molecule is N#Cc1cccnc1NCc1ccc(F)cc1F. The number of hydrogen-bond acceptors (Lipinski definition) is 3. The van der Waals surface area contributed by atoms with Crippen molar-refractivity contribution in [1.82, 2.24) is 4.98 Å². The molecule has 1 heterocycles. The maximum atomic E-state index is 13.4. The van der Waals surface area contributed by atoms with E-state index in [0.717, 1.165) is 6.07 Å². The highest BCUT2D eigenvalue weighted by Gasteiger charge is 2.06. The third-order valence-corrected chi connectivity index (χ3v) is 2.39. The first-order valence-corrected chi connectivity index (χ1v) is 5.23. The van der Waals surface area contributed by atoms with E-state index in [2.05, 4.69) is 10.3 Å². The lowest BCUT2D eigenvalue weighted by atomic mass is 10.2. The zero-order chi connectivity index (χ0) is 13.0. The monoisotopic (exact) mass is 245 g/mol. The predicted molar refractivity (Wildman–Crippen MR) is 62.6 cm³/mol. The Morgan fingerprint density at radius 3 is 2.83 bits per heavy atom. The van der Waals surface area contributed by atoms with E-state index >= 15 is 0 Å². The Morgan fingerprint density at radius 1 is 1.28 bits per heavy atom. The highest BCUT2D eigenvalue weighted by molar-refractivity contribution is 5.51. The molecule has 0 aliphatic rings. The first-order chi connectivity index (χ1) is 8.70. The second-order valence-corrected chi connectivity index (χ2v) is 3.60. The van der Waals surface area contributed by atoms with Crippen LogP contribution in [0.3, 0.4) is 0 Å². The number of nitriles is 1. The fourth-order valence-electron chi connectivity index (χ4n) is 1.48. The highest BCUT2D eigenvalue weighted by Crippen LogP contribution is 2.14. The van der Waals surface area contributed by atoms with Crippen LogP contribution in [0.2, 0.25) is 0 Å². The molecule has 0 aliphatic heterocycles. The van der Waals surface area contributed by atoms with Crippen LogP contribution in [-0.4, -0.2) is 4.98 Å². The zero-order valence-corrected chi connectivity index (χ0v) is 9.32. The molecule has 1 aromatic heterocycles. The Kier molecular flexibility index (Phi) is 3.49. The summed E-state index contributed by atoms with van der Waals surface area (Å²) in [6.45, 7) is 0.137. The molecule has 3 nitrogen and oxygen atoms in total. The minimum absolute atomic E-state index is 0.137. The van der Waals surface area contributed by atoms with E-state index in [4.69, 9.17) is 5.26 Å². The standard InChI is InChI=1S/C13H9F2N3/c14-11-4-3-10(12(15)6-11)8-18-13-9(7-16)2-1-5-17-13/h1-6H,8H2,(H,17,18). The fourth-order valence-corrected chi connectivity index (χ4v) is 1.48. The van der Waals surface area contributed by atoms with E-state index in [9.17, 15) is 8.78 Å². The number of rotatable bonds is 3. The van der Waals surface area contributed by atoms with Crippen LogP contribution in [0.15, 0.2) is 36.5 Å². The van der Waals surface area contributed by atoms with E-state index in [1.54, 1.807) is 12.1 Å². The molecule has 0 bridgehead atoms. The predicted octanol–water partition coefficient (Wildman–Crippen LogP) is 2.84. The van der Waals surface area contributed by atoms with Gasteiger partial charge in [-0.15, -0.1) is 0 Å². The third kappa shape index (κ3) is 2.61. The maximum absolute atomic E-state index is 13.4. The summed E-state index contributed by atoms with van der Waals surface area (Å²) in [4.78, 5) is 3.98. The van der Waals surface area contributed by atoms with Gasteiger partial charge < -0.3 is 5.32 Å². The van der Waals surface area contributed by atoms with Crippen molar-refractivity contribution in [2.24, 2.45) is 0 Å². The van der Waals surface area contributed by atoms with E-state index in [1.807, 2.05) is 6.07 Å². The average molecular weight is 245 g/mol. The molecule has 0 fully saturated rings. The van der Waals surface area contributed by atoms with Crippen molar-refractivity contribution in [3.05, 3.63) is 59.3 Å². The number of pyridine rings is 1. The average Bonchev–Trinajstić information content (AvgIpc) is 2.38. The second-order valence-electron chi connectivity index (χ2n) is 3.60. The van der Waals surface area contributed by atoms with E-state index in [-0.39, 0.29) is 6.54 Å². The summed E-state index contributed by atoms with van der Waals surface area (Å²) in [5.41, 5.74) is 0.686. The Bertz CT molecular complexity index is 605. The number of halogens is 2. The lowest BCUT2D eigenvalue weighted by molar-refractivity contribution is 0.574. The quantitative estimate of drug-likeness (QED) is 0.904. The molecular formula is C13H9F2N3. The minimum Gasteiger partial charge on any atom is -0.365 e. The summed E-state index contributed by atoms with van der Waals surface area (Å²) in [5.74, 6) is -0.868. The maximum Gasteiger partial charge on any atom is 0.144 e. The molecule has 90 valence electrons. The molecule has 0 radical (unpaired) electrons. The van der Waals surface area contributed by atoms with Crippen LogP contribution in [0.5, 0.6) is 0 Å². The van der Waals surface area contributed by atoms with Gasteiger partial charge in [-0.1, -0.05) is 6.07 Å². The van der Waals surface area contributed by atoms with E-state index < -0.39 is 11.6 Å². The van der Waals surface area contributed by atoms with Crippen molar-refractivity contribution in [3.63, 3.8) is 0 Å². The number of benzene rings is 1. The third-order valence-electron chi connectivity index (χ3n) is 2.39. The van der Waals surface area contributed by atoms with Crippen molar-refractivity contribution >= 4 is 5.82 Å². The molecule has 0 atom stereocenters. The van der Waals surface area contributed by atoms with Gasteiger partial charge in [0.05, 0.1) is 5.56 Å². The van der Waals surface area contributed by atoms with Gasteiger partial charge in [0.2, 0.25) is 0 Å². The molecule has 2 aromatic rings. The summed E-state index contributed by atoms with van der Waals surface area (Å²) in [7, 11) is 0. The van der Waals surface area contributed by atoms with E-state index in [0.29, 0.717) is 16.9 Å². The Balaban J connectivity index is 2.14. The smallest absolute Gasteiger partial charge is 0.144 e. The highest BCUT2D eigenvalue weighted by atomic mass is 19.1. The van der Waals surface area contributed by atoms with Gasteiger partial charge in [0.15, 0.2) is 0 Å². The van der Waals surface area contributed by atoms with Gasteiger partial charge in [0, 0.05) is 24.4 Å². The summed E-state index contributed by atoms with van der Waals surface area (Å²) in [6.07, 6.45) is 1.53. The summed E-state index contributed by atoms with van der Waals surface area (Å²) in [5, 5.41) is 11.7. The van der Waals surface area contributed by atoms with Gasteiger partial charge in [0.1, 0.15) is 23.5 Å². The number of nitrogens with one attached hydrogen (secondary N) is 1. The first kappa shape index (κ1) is 12.0. The molecule has 5 heteroatoms. The molecule has 0 unspecified atom stereocenters. The molecule has 0 spiro atoms. The zero-order valence-electron chi connectivity index (χ0n) is 9.32. The van der Waals surface area contributed by atoms with Crippen molar-refractivity contribution in [3.8, 4) is 6.07 Å². The van der Waals surface area contributed by atoms with Gasteiger partial charge in [-0.3, -0.25) is 0 Å². The molecule has 0 aliphatic carbocycles. The number of anilines is 1. The first-order valence-electron chi connectivity index (χ1n) is 5.23. The van der Waals surface area contributed by atoms with Crippen LogP contribution in [0, 0.1) is 23.0 Å². The van der Waals surface area contributed by atoms with Crippen molar-refractivity contribution < 1.29 is 8.78 Å². The Labute approximate surface area is 103 Å². The molecule has 2 rings (SSSR count). The van der Waals surface area contributed by atoms with Gasteiger partial charge in [-0.2, -0.15) is 5.26 Å². The number of nitrogens with zero attached hydrogens (tertiary/aromatic N) is 2. The lowest BCUT2D eigenvalue weighted by Crippen LogP contribution is -2.05. The normalized spacial score (nSPS) is 9.83. The minimum atomic E-state index is -0.628. The van der Waals surface area contributed by atoms with Crippen LogP contribution >= 0.6 is 0 Å². The van der Waals surface area contributed by atoms with Crippen LogP contribution in [0.4, 0.5) is 14.6 Å². The fraction of sp³-hybridized carbons (Fsp3) is 0.0769. The van der Waals surface area contributed by atoms with Crippen LogP contribution < -0.4 is 5.32 Å². The largest absolute Gasteiger partial charge is 0.365 e. The van der Waals surface area contributed by atoms with Crippen LogP contribution in [0.25, 0.3) is 0 Å². The summed E-state index contributed by atoms with van der Waals surface area (Å²) < 4.78 is 26.1. The van der Waals surface area contributed by atoms with Crippen molar-refractivity contribution in [1.29, 1.82) is 5.26 Å². The second kappa shape index (κ2) is 5.23. The molecule has 0 saturated carbocycles. The Hall–Kier alpha value is -2.48. The lowest BCUT2D eigenvalue weighted by Gasteiger charge is -2.07. The molecule has 0 saturated heterocycles. The topological polar surface area (TPSA) is 48.7 Å². The summed E-state index contributed by atoms with van der Waals surface area (Å²) in [6, 6.07) is 8.58. The van der Waals surface area contributed by atoms with Crippen molar-refractivity contribution in [2.45, 2.75) is 6.54 Å². The van der Waals surface area contributed by atoms with Gasteiger partial charge >= 0.3 is 0 Å². The molecule has 0 amide bonds. The van der Waals surface area contributed by atoms with Gasteiger partial charge in [-0.05, 0) is 18.2 Å². The summed E-state index contributed by atoms with van der Waals surface area (Å²) >= 11 is 0. The molecule has 1 N–H and O–H groups in total. The van der Waals surface area contributed by atoms with E-state index in [1.165, 1.54) is 18.3 Å². The molecule has 18 heavy (non-hydrogen) atoms. The number of aromatic nitrogens is 1. The molecular weight excluding hydrogens is 236 g/mol. The Morgan fingerprint density at radius 2 is 2.11 bits per heavy atom. The molecule has 1 aromatic carbocycles.